The second-order valence-electron chi connectivity index (χ2n) is 7.55. The number of ether oxygens (including phenoxy) is 1. The van der Waals surface area contributed by atoms with Crippen LogP contribution in [-0.4, -0.2) is 18.0 Å². The van der Waals surface area contributed by atoms with Crippen molar-refractivity contribution in [2.24, 2.45) is 17.3 Å². The Balaban J connectivity index is 1.77. The minimum absolute atomic E-state index is 0.0805. The molecule has 4 rings (SSSR count). The lowest BCUT2D eigenvalue weighted by atomic mass is 9.55. The van der Waals surface area contributed by atoms with E-state index in [9.17, 15) is 9.90 Å². The van der Waals surface area contributed by atoms with Crippen molar-refractivity contribution < 1.29 is 14.6 Å². The lowest BCUT2D eigenvalue weighted by molar-refractivity contribution is -0.129. The molecule has 1 aromatic rings. The quantitative estimate of drug-likeness (QED) is 0.857. The molecule has 3 heteroatoms. The Morgan fingerprint density at radius 3 is 2.82 bits per heavy atom. The predicted molar refractivity (Wildman–Crippen MR) is 84.3 cm³/mol. The number of phenolic OH excluding ortho intramolecular Hbond substituents is 1. The van der Waals surface area contributed by atoms with Gasteiger partial charge in [-0.2, -0.15) is 0 Å². The molecule has 4 atom stereocenters. The largest absolute Gasteiger partial charge is 0.508 e. The van der Waals surface area contributed by atoms with Crippen molar-refractivity contribution in [1.29, 1.82) is 0 Å². The predicted octanol–water partition coefficient (Wildman–Crippen LogP) is 3.83. The molecule has 2 saturated carbocycles. The molecule has 0 saturated heterocycles. The molecule has 3 nitrogen and oxygen atoms in total. The number of hydrogen-bond donors (Lipinski definition) is 1. The Labute approximate surface area is 131 Å². The fraction of sp³-hybridized carbons (Fsp3) is 0.632. The van der Waals surface area contributed by atoms with E-state index in [0.717, 1.165) is 44.3 Å². The summed E-state index contributed by atoms with van der Waals surface area (Å²) in [4.78, 5) is 12.4. The van der Waals surface area contributed by atoms with Crippen LogP contribution in [0.2, 0.25) is 0 Å². The Morgan fingerprint density at radius 1 is 1.23 bits per heavy atom. The standard InChI is InChI=1S/C19H24O3/c1-19-8-7-14-13(15(19)5-6-17(19)21)4-3-11-9-12(20)10-16(22-2)18(11)14/h9-10,13-15,20H,3-8H2,1-2H3/t13-,14+,15+,19+/m1/s1. The van der Waals surface area contributed by atoms with E-state index < -0.39 is 0 Å². The first-order valence-corrected chi connectivity index (χ1v) is 8.47. The molecule has 118 valence electrons. The van der Waals surface area contributed by atoms with E-state index in [1.165, 1.54) is 11.1 Å². The van der Waals surface area contributed by atoms with Gasteiger partial charge in [-0.25, -0.2) is 0 Å². The Kier molecular flexibility index (Phi) is 3.04. The second kappa shape index (κ2) is 4.74. The van der Waals surface area contributed by atoms with Gasteiger partial charge < -0.3 is 9.84 Å². The molecule has 0 amide bonds. The third-order valence-corrected chi connectivity index (χ3v) is 6.70. The van der Waals surface area contributed by atoms with Crippen molar-refractivity contribution in [3.05, 3.63) is 23.3 Å². The number of ketones is 1. The molecule has 2 fully saturated rings. The van der Waals surface area contributed by atoms with Crippen LogP contribution >= 0.6 is 0 Å². The molecule has 3 aliphatic rings. The van der Waals surface area contributed by atoms with Crippen LogP contribution in [0.5, 0.6) is 11.5 Å². The number of aromatic hydroxyl groups is 1. The first-order valence-electron chi connectivity index (χ1n) is 8.47. The summed E-state index contributed by atoms with van der Waals surface area (Å²) in [6.45, 7) is 2.20. The lowest BCUT2D eigenvalue weighted by Crippen LogP contribution is -2.42. The van der Waals surface area contributed by atoms with Crippen LogP contribution < -0.4 is 4.74 Å². The highest BCUT2D eigenvalue weighted by Gasteiger charge is 2.54. The summed E-state index contributed by atoms with van der Waals surface area (Å²) in [5, 5.41) is 9.90. The number of fused-ring (bicyclic) bond motifs is 5. The zero-order valence-corrected chi connectivity index (χ0v) is 13.4. The van der Waals surface area contributed by atoms with Crippen molar-refractivity contribution >= 4 is 5.78 Å². The van der Waals surface area contributed by atoms with E-state index >= 15 is 0 Å². The van der Waals surface area contributed by atoms with E-state index in [1.54, 1.807) is 13.2 Å². The molecular weight excluding hydrogens is 276 g/mol. The van der Waals surface area contributed by atoms with Gasteiger partial charge in [0.25, 0.3) is 0 Å². The average Bonchev–Trinajstić information content (AvgIpc) is 2.81. The number of carbonyl (C=O) groups excluding carboxylic acids is 1. The molecule has 22 heavy (non-hydrogen) atoms. The van der Waals surface area contributed by atoms with Crippen molar-refractivity contribution in [3.8, 4) is 11.5 Å². The van der Waals surface area contributed by atoms with Gasteiger partial charge in [0.2, 0.25) is 0 Å². The van der Waals surface area contributed by atoms with Crippen molar-refractivity contribution in [2.75, 3.05) is 7.11 Å². The maximum Gasteiger partial charge on any atom is 0.139 e. The molecule has 0 aromatic heterocycles. The second-order valence-corrected chi connectivity index (χ2v) is 7.55. The van der Waals surface area contributed by atoms with E-state index in [2.05, 4.69) is 6.92 Å². The number of phenols is 1. The summed E-state index contributed by atoms with van der Waals surface area (Å²) < 4.78 is 5.57. The summed E-state index contributed by atoms with van der Waals surface area (Å²) in [6, 6.07) is 3.65. The molecule has 0 bridgehead atoms. The molecule has 0 radical (unpaired) electrons. The van der Waals surface area contributed by atoms with Crippen molar-refractivity contribution in [2.45, 2.75) is 51.4 Å². The molecule has 0 aliphatic heterocycles. The van der Waals surface area contributed by atoms with Gasteiger partial charge in [0.15, 0.2) is 0 Å². The van der Waals surface area contributed by atoms with Gasteiger partial charge in [-0.3, -0.25) is 4.79 Å². The minimum atomic E-state index is -0.0805. The first kappa shape index (κ1) is 14.1. The molecule has 1 aromatic carbocycles. The summed E-state index contributed by atoms with van der Waals surface area (Å²) in [5.41, 5.74) is 2.46. The SMILES string of the molecule is COc1cc(O)cc2c1[C@H]1CC[C@]3(C)C(=O)CC[C@H]3[C@@H]1CC2. The van der Waals surface area contributed by atoms with Gasteiger partial charge >= 0.3 is 0 Å². The lowest BCUT2D eigenvalue weighted by Gasteiger charge is -2.48. The van der Waals surface area contributed by atoms with E-state index in [0.29, 0.717) is 29.3 Å². The summed E-state index contributed by atoms with van der Waals surface area (Å²) in [6.07, 6.45) is 6.02. The first-order chi connectivity index (χ1) is 10.5. The molecule has 3 aliphatic carbocycles. The third-order valence-electron chi connectivity index (χ3n) is 6.70. The highest BCUT2D eigenvalue weighted by Crippen LogP contribution is 2.60. The molecule has 0 heterocycles. The number of hydrogen-bond acceptors (Lipinski definition) is 3. The van der Waals surface area contributed by atoms with E-state index in [-0.39, 0.29) is 5.41 Å². The van der Waals surface area contributed by atoms with Crippen LogP contribution in [0.4, 0.5) is 0 Å². The molecule has 1 N–H and O–H groups in total. The summed E-state index contributed by atoms with van der Waals surface area (Å²) in [5.74, 6) is 3.23. The van der Waals surface area contributed by atoms with Crippen molar-refractivity contribution in [3.63, 3.8) is 0 Å². The molecule has 0 unspecified atom stereocenters. The third kappa shape index (κ3) is 1.77. The zero-order chi connectivity index (χ0) is 15.5. The highest BCUT2D eigenvalue weighted by molar-refractivity contribution is 5.87. The van der Waals surface area contributed by atoms with E-state index in [1.807, 2.05) is 6.07 Å². The molecule has 0 spiro atoms. The topological polar surface area (TPSA) is 46.5 Å². The number of rotatable bonds is 1. The number of benzene rings is 1. The monoisotopic (exact) mass is 300 g/mol. The number of aryl methyl sites for hydroxylation is 1. The summed E-state index contributed by atoms with van der Waals surface area (Å²) >= 11 is 0. The number of Topliss-reactive ketones (excluding diaryl/α,β-unsaturated/α-hetero) is 1. The van der Waals surface area contributed by atoms with Crippen LogP contribution in [-0.2, 0) is 11.2 Å². The van der Waals surface area contributed by atoms with Gasteiger partial charge in [-0.1, -0.05) is 6.92 Å². The van der Waals surface area contributed by atoms with Gasteiger partial charge in [0.05, 0.1) is 7.11 Å². The average molecular weight is 300 g/mol. The van der Waals surface area contributed by atoms with Crippen molar-refractivity contribution in [1.82, 2.24) is 0 Å². The maximum absolute atomic E-state index is 12.4. The number of methoxy groups -OCH3 is 1. The normalized spacial score (nSPS) is 36.5. The van der Waals surface area contributed by atoms with Crippen LogP contribution in [0.1, 0.15) is 56.1 Å². The number of carbonyl (C=O) groups is 1. The smallest absolute Gasteiger partial charge is 0.139 e. The maximum atomic E-state index is 12.4. The van der Waals surface area contributed by atoms with Gasteiger partial charge in [0.1, 0.15) is 17.3 Å². The Morgan fingerprint density at radius 2 is 2.05 bits per heavy atom. The fourth-order valence-electron chi connectivity index (χ4n) is 5.61. The Hall–Kier alpha value is -1.51. The van der Waals surface area contributed by atoms with Crippen LogP contribution in [0.15, 0.2) is 12.1 Å². The van der Waals surface area contributed by atoms with E-state index in [4.69, 9.17) is 4.74 Å². The minimum Gasteiger partial charge on any atom is -0.508 e. The van der Waals surface area contributed by atoms with Gasteiger partial charge in [-0.05, 0) is 61.5 Å². The van der Waals surface area contributed by atoms with Gasteiger partial charge in [-0.15, -0.1) is 0 Å². The van der Waals surface area contributed by atoms with Crippen LogP contribution in [0, 0.1) is 17.3 Å². The Bertz CT molecular complexity index is 619. The zero-order valence-electron chi connectivity index (χ0n) is 13.4. The molecular formula is C19H24O3. The highest BCUT2D eigenvalue weighted by atomic mass is 16.5. The van der Waals surface area contributed by atoms with Gasteiger partial charge in [0, 0.05) is 23.5 Å². The van der Waals surface area contributed by atoms with Crippen LogP contribution in [0.3, 0.4) is 0 Å². The fourth-order valence-corrected chi connectivity index (χ4v) is 5.61. The summed E-state index contributed by atoms with van der Waals surface area (Å²) in [7, 11) is 1.69. The van der Waals surface area contributed by atoms with Crippen LogP contribution in [0.25, 0.3) is 0 Å².